The summed E-state index contributed by atoms with van der Waals surface area (Å²) in [7, 11) is 1.72. The molecule has 1 aromatic carbocycles. The number of benzene rings is 1. The Balaban J connectivity index is 2.37. The molecule has 114 valence electrons. The number of aryl methyl sites for hydroxylation is 1. The largest absolute Gasteiger partial charge is 0.388 e. The summed E-state index contributed by atoms with van der Waals surface area (Å²) in [6, 6.07) is 4.54. The van der Waals surface area contributed by atoms with Crippen LogP contribution in [0, 0.1) is 5.82 Å². The van der Waals surface area contributed by atoms with Gasteiger partial charge in [0.05, 0.1) is 16.8 Å². The van der Waals surface area contributed by atoms with Crippen LogP contribution >= 0.6 is 23.2 Å². The molecule has 6 heteroatoms. The Kier molecular flexibility index (Phi) is 4.91. The van der Waals surface area contributed by atoms with Gasteiger partial charge in [-0.25, -0.2) is 4.39 Å². The Morgan fingerprint density at radius 1 is 1.33 bits per heavy atom. The molecule has 1 atom stereocenters. The average Bonchev–Trinajstić information content (AvgIpc) is 2.72. The summed E-state index contributed by atoms with van der Waals surface area (Å²) in [6.07, 6.45) is -0.704. The first-order valence-corrected chi connectivity index (χ1v) is 7.41. The van der Waals surface area contributed by atoms with Crippen LogP contribution in [0.1, 0.15) is 42.7 Å². The minimum Gasteiger partial charge on any atom is -0.388 e. The molecule has 1 N–H and O–H groups in total. The molecule has 1 aromatic heterocycles. The SMILES string of the molecule is CC(C)c1nn(C)c(Cl)c1C(O)Cc1cccc(F)c1Cl. The van der Waals surface area contributed by atoms with Crippen molar-refractivity contribution in [2.24, 2.45) is 7.05 Å². The number of nitrogens with zero attached hydrogens (tertiary/aromatic N) is 2. The predicted octanol–water partition coefficient (Wildman–Crippen LogP) is 4.27. The Morgan fingerprint density at radius 3 is 2.62 bits per heavy atom. The van der Waals surface area contributed by atoms with Crippen LogP contribution in [0.2, 0.25) is 10.2 Å². The molecular formula is C15H17Cl2FN2O. The van der Waals surface area contributed by atoms with Crippen LogP contribution in [0.25, 0.3) is 0 Å². The summed E-state index contributed by atoms with van der Waals surface area (Å²) in [4.78, 5) is 0. The summed E-state index contributed by atoms with van der Waals surface area (Å²) >= 11 is 12.2. The van der Waals surface area contributed by atoms with E-state index in [-0.39, 0.29) is 17.4 Å². The minimum absolute atomic E-state index is 0.0302. The zero-order valence-electron chi connectivity index (χ0n) is 12.1. The quantitative estimate of drug-likeness (QED) is 0.909. The second-order valence-corrected chi connectivity index (χ2v) is 6.04. The van der Waals surface area contributed by atoms with Crippen LogP contribution in [0.3, 0.4) is 0 Å². The van der Waals surface area contributed by atoms with Gasteiger partial charge < -0.3 is 5.11 Å². The van der Waals surface area contributed by atoms with E-state index in [1.54, 1.807) is 19.2 Å². The molecule has 0 aliphatic heterocycles. The normalized spacial score (nSPS) is 13.0. The van der Waals surface area contributed by atoms with E-state index in [1.807, 2.05) is 13.8 Å². The lowest BCUT2D eigenvalue weighted by Gasteiger charge is -2.14. The average molecular weight is 331 g/mol. The highest BCUT2D eigenvalue weighted by Crippen LogP contribution is 2.34. The van der Waals surface area contributed by atoms with Gasteiger partial charge in [-0.2, -0.15) is 5.10 Å². The maximum Gasteiger partial charge on any atom is 0.142 e. The number of aliphatic hydroxyl groups is 1. The number of halogens is 3. The van der Waals surface area contributed by atoms with Crippen LogP contribution in [0.15, 0.2) is 18.2 Å². The van der Waals surface area contributed by atoms with Crippen molar-refractivity contribution in [3.63, 3.8) is 0 Å². The van der Waals surface area contributed by atoms with E-state index in [0.717, 1.165) is 5.69 Å². The van der Waals surface area contributed by atoms with Gasteiger partial charge in [0.2, 0.25) is 0 Å². The molecule has 0 saturated carbocycles. The molecule has 3 nitrogen and oxygen atoms in total. The number of aromatic nitrogens is 2. The summed E-state index contributed by atoms with van der Waals surface area (Å²) < 4.78 is 15.0. The van der Waals surface area contributed by atoms with Crippen LogP contribution in [-0.4, -0.2) is 14.9 Å². The van der Waals surface area contributed by atoms with E-state index >= 15 is 0 Å². The zero-order valence-corrected chi connectivity index (χ0v) is 13.6. The van der Waals surface area contributed by atoms with Crippen molar-refractivity contribution in [1.29, 1.82) is 0 Å². The van der Waals surface area contributed by atoms with Crippen molar-refractivity contribution in [1.82, 2.24) is 9.78 Å². The smallest absolute Gasteiger partial charge is 0.142 e. The van der Waals surface area contributed by atoms with Gasteiger partial charge in [-0.15, -0.1) is 0 Å². The molecule has 0 radical (unpaired) electrons. The lowest BCUT2D eigenvalue weighted by atomic mass is 9.97. The highest BCUT2D eigenvalue weighted by atomic mass is 35.5. The second-order valence-electron chi connectivity index (χ2n) is 5.30. The van der Waals surface area contributed by atoms with E-state index < -0.39 is 11.9 Å². The first kappa shape index (κ1) is 16.3. The fourth-order valence-electron chi connectivity index (χ4n) is 2.29. The first-order valence-electron chi connectivity index (χ1n) is 6.66. The topological polar surface area (TPSA) is 38.0 Å². The summed E-state index contributed by atoms with van der Waals surface area (Å²) in [5, 5.41) is 15.2. The number of hydrogen-bond acceptors (Lipinski definition) is 2. The van der Waals surface area contributed by atoms with E-state index in [1.165, 1.54) is 10.7 Å². The van der Waals surface area contributed by atoms with E-state index in [4.69, 9.17) is 23.2 Å². The van der Waals surface area contributed by atoms with Gasteiger partial charge in [0.25, 0.3) is 0 Å². The summed E-state index contributed by atoms with van der Waals surface area (Å²) in [6.45, 7) is 3.95. The van der Waals surface area contributed by atoms with Crippen molar-refractivity contribution in [3.8, 4) is 0 Å². The van der Waals surface area contributed by atoms with Gasteiger partial charge >= 0.3 is 0 Å². The molecule has 0 spiro atoms. The lowest BCUT2D eigenvalue weighted by molar-refractivity contribution is 0.177. The molecule has 0 amide bonds. The molecule has 2 rings (SSSR count). The molecule has 0 saturated heterocycles. The van der Waals surface area contributed by atoms with Crippen molar-refractivity contribution in [2.75, 3.05) is 0 Å². The number of aliphatic hydroxyl groups excluding tert-OH is 1. The zero-order chi connectivity index (χ0) is 15.7. The van der Waals surface area contributed by atoms with E-state index in [0.29, 0.717) is 16.3 Å². The van der Waals surface area contributed by atoms with Gasteiger partial charge in [-0.3, -0.25) is 4.68 Å². The molecule has 21 heavy (non-hydrogen) atoms. The number of hydrogen-bond donors (Lipinski definition) is 1. The molecule has 1 unspecified atom stereocenters. The highest BCUT2D eigenvalue weighted by molar-refractivity contribution is 6.31. The highest BCUT2D eigenvalue weighted by Gasteiger charge is 2.24. The predicted molar refractivity (Wildman–Crippen MR) is 82.4 cm³/mol. The lowest BCUT2D eigenvalue weighted by Crippen LogP contribution is -2.06. The van der Waals surface area contributed by atoms with Crippen LogP contribution in [-0.2, 0) is 13.5 Å². The van der Waals surface area contributed by atoms with Crippen molar-refractivity contribution in [2.45, 2.75) is 32.3 Å². The minimum atomic E-state index is -0.886. The first-order chi connectivity index (χ1) is 9.82. The van der Waals surface area contributed by atoms with Gasteiger partial charge in [0, 0.05) is 19.0 Å². The van der Waals surface area contributed by atoms with Gasteiger partial charge in [0.15, 0.2) is 0 Å². The Bertz CT molecular complexity index is 655. The molecular weight excluding hydrogens is 314 g/mol. The molecule has 1 heterocycles. The third kappa shape index (κ3) is 3.23. The van der Waals surface area contributed by atoms with Crippen molar-refractivity contribution < 1.29 is 9.50 Å². The third-order valence-electron chi connectivity index (χ3n) is 3.36. The molecule has 2 aromatic rings. The fourth-order valence-corrected chi connectivity index (χ4v) is 2.75. The number of rotatable bonds is 4. The van der Waals surface area contributed by atoms with Gasteiger partial charge in [0.1, 0.15) is 11.0 Å². The van der Waals surface area contributed by atoms with Crippen molar-refractivity contribution in [3.05, 3.63) is 51.0 Å². The molecule has 0 aliphatic rings. The summed E-state index contributed by atoms with van der Waals surface area (Å²) in [5.74, 6) is -0.376. The maximum atomic E-state index is 13.5. The standard InChI is InChI=1S/C15H17Cl2FN2O/c1-8(2)14-12(15(17)20(3)19-14)11(21)7-9-5-4-6-10(18)13(9)16/h4-6,8,11,21H,7H2,1-3H3. The van der Waals surface area contributed by atoms with Gasteiger partial charge in [-0.1, -0.05) is 49.2 Å². The van der Waals surface area contributed by atoms with E-state index in [2.05, 4.69) is 5.10 Å². The second kappa shape index (κ2) is 6.34. The van der Waals surface area contributed by atoms with Crippen LogP contribution in [0.4, 0.5) is 4.39 Å². The fraction of sp³-hybridized carbons (Fsp3) is 0.400. The Hall–Kier alpha value is -1.10. The van der Waals surface area contributed by atoms with E-state index in [9.17, 15) is 9.50 Å². The molecule has 0 bridgehead atoms. The Morgan fingerprint density at radius 2 is 2.00 bits per heavy atom. The molecule has 0 fully saturated rings. The van der Waals surface area contributed by atoms with Gasteiger partial charge in [-0.05, 0) is 17.5 Å². The van der Waals surface area contributed by atoms with Crippen molar-refractivity contribution >= 4 is 23.2 Å². The van der Waals surface area contributed by atoms with Crippen LogP contribution in [0.5, 0.6) is 0 Å². The summed E-state index contributed by atoms with van der Waals surface area (Å²) in [5.41, 5.74) is 1.86. The maximum absolute atomic E-state index is 13.5. The Labute approximate surface area is 133 Å². The van der Waals surface area contributed by atoms with Crippen LogP contribution < -0.4 is 0 Å². The third-order valence-corrected chi connectivity index (χ3v) is 4.24. The molecule has 0 aliphatic carbocycles. The monoisotopic (exact) mass is 330 g/mol.